The molecule has 0 saturated carbocycles. The lowest BCUT2D eigenvalue weighted by atomic mass is 10.2. The second-order valence-electron chi connectivity index (χ2n) is 3.75. The third kappa shape index (κ3) is 3.86. The van der Waals surface area contributed by atoms with Crippen molar-refractivity contribution in [3.8, 4) is 11.8 Å². The second-order valence-corrected chi connectivity index (χ2v) is 3.75. The molecule has 0 radical (unpaired) electrons. The Morgan fingerprint density at radius 1 is 0.889 bits per heavy atom. The first-order chi connectivity index (χ1) is 8.84. The van der Waals surface area contributed by atoms with Gasteiger partial charge >= 0.3 is 0 Å². The van der Waals surface area contributed by atoms with Crippen LogP contribution in [0.4, 0.5) is 0 Å². The fraction of sp³-hybridized carbons (Fsp3) is 0. The van der Waals surface area contributed by atoms with Crippen LogP contribution < -0.4 is 0 Å². The van der Waals surface area contributed by atoms with E-state index in [9.17, 15) is 5.11 Å². The third-order valence-electron chi connectivity index (χ3n) is 2.34. The van der Waals surface area contributed by atoms with Gasteiger partial charge in [-0.25, -0.2) is 5.92 Å². The summed E-state index contributed by atoms with van der Waals surface area (Å²) in [6.45, 7) is 0. The van der Waals surface area contributed by atoms with Crippen molar-refractivity contribution < 1.29 is 5.11 Å². The molecule has 0 aliphatic carbocycles. The number of benzene rings is 2. The van der Waals surface area contributed by atoms with E-state index in [1.807, 2.05) is 66.7 Å². The molecule has 0 atom stereocenters. The lowest BCUT2D eigenvalue weighted by Gasteiger charge is -2.03. The van der Waals surface area contributed by atoms with Crippen LogP contribution in [0.3, 0.4) is 0 Å². The van der Waals surface area contributed by atoms with E-state index in [0.717, 1.165) is 11.1 Å². The van der Waals surface area contributed by atoms with Crippen molar-refractivity contribution in [2.24, 2.45) is 0 Å². The Morgan fingerprint density at radius 2 is 1.50 bits per heavy atom. The van der Waals surface area contributed by atoms with Crippen LogP contribution in [0.15, 0.2) is 66.7 Å². The minimum absolute atomic E-state index is 0.0581. The Balaban J connectivity index is 2.00. The fourth-order valence-electron chi connectivity index (χ4n) is 1.44. The van der Waals surface area contributed by atoms with Gasteiger partial charge in [-0.1, -0.05) is 66.2 Å². The van der Waals surface area contributed by atoms with E-state index in [4.69, 9.17) is 0 Å². The third-order valence-corrected chi connectivity index (χ3v) is 2.34. The molecular weight excluding hydrogens is 220 g/mol. The van der Waals surface area contributed by atoms with Gasteiger partial charge in [0.1, 0.15) is 0 Å². The Bertz CT molecular complexity index is 559. The first-order valence-electron chi connectivity index (χ1n) is 5.71. The van der Waals surface area contributed by atoms with Gasteiger partial charge in [-0.15, -0.1) is 12.2 Å². The molecule has 0 aliphatic rings. The zero-order chi connectivity index (χ0) is 12.6. The smallest absolute Gasteiger partial charge is 0.00794 e. The maximum Gasteiger partial charge on any atom is 0.00794 e. The predicted octanol–water partition coefficient (Wildman–Crippen LogP) is 3.66. The summed E-state index contributed by atoms with van der Waals surface area (Å²) in [5.74, 6) is 5.60. The van der Waals surface area contributed by atoms with Gasteiger partial charge < -0.3 is 5.11 Å². The number of aliphatic hydroxyl groups excluding tert-OH is 1. The van der Waals surface area contributed by atoms with Gasteiger partial charge in [0.15, 0.2) is 0 Å². The van der Waals surface area contributed by atoms with Crippen molar-refractivity contribution >= 4 is 6.08 Å². The molecule has 0 aromatic heterocycles. The molecule has 0 amide bonds. The summed E-state index contributed by atoms with van der Waals surface area (Å²) in [6.07, 6.45) is 3.49. The summed E-state index contributed by atoms with van der Waals surface area (Å²) in [6, 6.07) is 19.4. The molecule has 0 bridgehead atoms. The van der Waals surface area contributed by atoms with Gasteiger partial charge in [0, 0.05) is 6.10 Å². The van der Waals surface area contributed by atoms with E-state index in [1.54, 1.807) is 6.08 Å². The lowest BCUT2D eigenvalue weighted by molar-refractivity contribution is 0.377. The first kappa shape index (κ1) is 12.0. The average molecular weight is 233 g/mol. The van der Waals surface area contributed by atoms with Crippen LogP contribution in [0.5, 0.6) is 0 Å². The van der Waals surface area contributed by atoms with Crippen LogP contribution in [0.2, 0.25) is 0 Å². The van der Waals surface area contributed by atoms with E-state index < -0.39 is 0 Å². The molecular formula is C17H13O-. The molecule has 0 spiro atoms. The van der Waals surface area contributed by atoms with Crippen molar-refractivity contribution in [2.45, 2.75) is 0 Å². The molecule has 2 rings (SSSR count). The van der Waals surface area contributed by atoms with Crippen molar-refractivity contribution in [2.75, 3.05) is 0 Å². The molecule has 0 heterocycles. The monoisotopic (exact) mass is 233 g/mol. The number of hydrogen-bond acceptors (Lipinski definition) is 1. The largest absolute Gasteiger partial charge is 0.414 e. The van der Waals surface area contributed by atoms with Crippen LogP contribution in [-0.4, -0.2) is 5.11 Å². The van der Waals surface area contributed by atoms with Gasteiger partial charge in [0.05, 0.1) is 0 Å². The van der Waals surface area contributed by atoms with Crippen molar-refractivity contribution in [3.05, 3.63) is 84.0 Å². The van der Waals surface area contributed by atoms with Crippen molar-refractivity contribution in [1.82, 2.24) is 0 Å². The zero-order valence-corrected chi connectivity index (χ0v) is 9.88. The zero-order valence-electron chi connectivity index (χ0n) is 9.88. The van der Waals surface area contributed by atoms with Crippen LogP contribution in [0.25, 0.3) is 6.08 Å². The quantitative estimate of drug-likeness (QED) is 0.620. The van der Waals surface area contributed by atoms with Crippen molar-refractivity contribution in [3.63, 3.8) is 0 Å². The minimum Gasteiger partial charge on any atom is -0.414 e. The number of aliphatic hydroxyl groups is 1. The van der Waals surface area contributed by atoms with Crippen molar-refractivity contribution in [1.29, 1.82) is 0 Å². The predicted molar refractivity (Wildman–Crippen MR) is 74.0 cm³/mol. The highest BCUT2D eigenvalue weighted by atomic mass is 16.3. The normalized spacial score (nSPS) is 9.83. The van der Waals surface area contributed by atoms with E-state index in [0.29, 0.717) is 0 Å². The average Bonchev–Trinajstić information content (AvgIpc) is 2.45. The maximum atomic E-state index is 9.63. The van der Waals surface area contributed by atoms with Gasteiger partial charge in [0.25, 0.3) is 0 Å². The number of hydrogen-bond donors (Lipinski definition) is 1. The van der Waals surface area contributed by atoms with E-state index in [-0.39, 0.29) is 6.10 Å². The summed E-state index contributed by atoms with van der Waals surface area (Å²) >= 11 is 0. The summed E-state index contributed by atoms with van der Waals surface area (Å²) in [5, 5.41) is 9.63. The van der Waals surface area contributed by atoms with Crippen LogP contribution in [0.1, 0.15) is 11.1 Å². The van der Waals surface area contributed by atoms with E-state index in [2.05, 4.69) is 11.8 Å². The summed E-state index contributed by atoms with van der Waals surface area (Å²) < 4.78 is 0. The second kappa shape index (κ2) is 6.34. The molecule has 88 valence electrons. The Kier molecular flexibility index (Phi) is 4.24. The van der Waals surface area contributed by atoms with E-state index in [1.165, 1.54) is 0 Å². The standard InChI is InChI=1S/C17H13O/c18-17(13-11-15-7-3-1-4-8-15)14-12-16-9-5-2-6-10-16/h1-11,13,18H/q-1/b13-11+. The molecule has 0 fully saturated rings. The Morgan fingerprint density at radius 3 is 2.17 bits per heavy atom. The van der Waals surface area contributed by atoms with E-state index >= 15 is 0 Å². The highest BCUT2D eigenvalue weighted by Crippen LogP contribution is 2.05. The molecule has 0 saturated heterocycles. The van der Waals surface area contributed by atoms with Gasteiger partial charge in [-0.3, -0.25) is 0 Å². The highest BCUT2D eigenvalue weighted by Gasteiger charge is 1.83. The maximum absolute atomic E-state index is 9.63. The van der Waals surface area contributed by atoms with Crippen LogP contribution >= 0.6 is 0 Å². The van der Waals surface area contributed by atoms with Gasteiger partial charge in [-0.2, -0.15) is 5.92 Å². The molecule has 1 nitrogen and oxygen atoms in total. The fourth-order valence-corrected chi connectivity index (χ4v) is 1.44. The Hall–Kier alpha value is -2.43. The topological polar surface area (TPSA) is 20.2 Å². The summed E-state index contributed by atoms with van der Waals surface area (Å²) in [5.41, 5.74) is 1.92. The van der Waals surface area contributed by atoms with Crippen LogP contribution in [-0.2, 0) is 0 Å². The molecule has 2 aromatic carbocycles. The summed E-state index contributed by atoms with van der Waals surface area (Å²) in [4.78, 5) is 0. The molecule has 0 aliphatic heterocycles. The Labute approximate surface area is 107 Å². The lowest BCUT2D eigenvalue weighted by Crippen LogP contribution is -1.85. The van der Waals surface area contributed by atoms with Gasteiger partial charge in [-0.05, 0) is 5.56 Å². The highest BCUT2D eigenvalue weighted by molar-refractivity contribution is 5.53. The molecule has 1 N–H and O–H groups in total. The van der Waals surface area contributed by atoms with Crippen LogP contribution in [0, 0.1) is 17.9 Å². The number of rotatable bonds is 2. The molecule has 1 heteroatoms. The van der Waals surface area contributed by atoms with Gasteiger partial charge in [0.2, 0.25) is 0 Å². The SMILES string of the molecule is O[C-](C#Cc1ccccc1)/C=C/c1ccccc1. The summed E-state index contributed by atoms with van der Waals surface area (Å²) in [7, 11) is 0. The molecule has 0 unspecified atom stereocenters. The molecule has 18 heavy (non-hydrogen) atoms. The minimum atomic E-state index is 0.0581. The first-order valence-corrected chi connectivity index (χ1v) is 5.71. The molecule has 2 aromatic rings.